The second-order valence-electron chi connectivity index (χ2n) is 6.20. The zero-order chi connectivity index (χ0) is 17.6. The lowest BCUT2D eigenvalue weighted by atomic mass is 9.98. The van der Waals surface area contributed by atoms with Crippen molar-refractivity contribution in [3.63, 3.8) is 0 Å². The molecule has 1 aromatic carbocycles. The van der Waals surface area contributed by atoms with Gasteiger partial charge in [-0.1, -0.05) is 18.2 Å². The minimum absolute atomic E-state index is 0.0550. The number of carbonyl (C=O) groups excluding carboxylic acids is 2. The van der Waals surface area contributed by atoms with Crippen LogP contribution in [0.3, 0.4) is 0 Å². The van der Waals surface area contributed by atoms with E-state index in [2.05, 4.69) is 27.0 Å². The third-order valence-electron chi connectivity index (χ3n) is 4.29. The van der Waals surface area contributed by atoms with Gasteiger partial charge in [0.2, 0.25) is 5.91 Å². The van der Waals surface area contributed by atoms with Gasteiger partial charge in [0.1, 0.15) is 0 Å². The second-order valence-corrected chi connectivity index (χ2v) is 6.20. The topological polar surface area (TPSA) is 83.1 Å². The molecule has 1 aromatic heterocycles. The number of fused-ring (bicyclic) bond motifs is 1. The Balaban J connectivity index is 1.50. The predicted molar refractivity (Wildman–Crippen MR) is 96.3 cm³/mol. The molecule has 6 heteroatoms. The monoisotopic (exact) mass is 338 g/mol. The number of hydrogen-bond donors (Lipinski definition) is 3. The molecule has 0 spiro atoms. The molecule has 130 valence electrons. The highest BCUT2D eigenvalue weighted by atomic mass is 16.2. The van der Waals surface area contributed by atoms with E-state index in [1.54, 1.807) is 12.4 Å². The predicted octanol–water partition coefficient (Wildman–Crippen LogP) is 2.57. The summed E-state index contributed by atoms with van der Waals surface area (Å²) in [5.41, 5.74) is 4.10. The van der Waals surface area contributed by atoms with Gasteiger partial charge in [0, 0.05) is 31.0 Å². The van der Waals surface area contributed by atoms with Crippen molar-refractivity contribution in [1.82, 2.24) is 15.6 Å². The lowest BCUT2D eigenvalue weighted by Crippen LogP contribution is -2.38. The van der Waals surface area contributed by atoms with Crippen LogP contribution in [0, 0.1) is 0 Å². The number of benzene rings is 1. The van der Waals surface area contributed by atoms with E-state index in [0.717, 1.165) is 35.2 Å². The molecular formula is C19H22N4O2. The summed E-state index contributed by atoms with van der Waals surface area (Å²) in [5.74, 6) is 0.0550. The first-order valence-electron chi connectivity index (χ1n) is 8.48. The standard InChI is InChI=1S/C19H22N4O2/c1-13(15-4-6-17-16(11-15)5-7-18(24)23-17)22-19(25)21-10-8-14-3-2-9-20-12-14/h2-4,6,9,11-13H,5,7-8,10H2,1H3,(H,23,24)(H2,21,22,25). The summed E-state index contributed by atoms with van der Waals surface area (Å²) in [5, 5.41) is 8.68. The van der Waals surface area contributed by atoms with Crippen molar-refractivity contribution in [1.29, 1.82) is 0 Å². The molecule has 1 atom stereocenters. The van der Waals surface area contributed by atoms with Gasteiger partial charge < -0.3 is 16.0 Å². The quantitative estimate of drug-likeness (QED) is 0.783. The van der Waals surface area contributed by atoms with Crippen molar-refractivity contribution in [2.45, 2.75) is 32.2 Å². The van der Waals surface area contributed by atoms with E-state index in [0.29, 0.717) is 13.0 Å². The molecule has 3 amide bonds. The van der Waals surface area contributed by atoms with E-state index in [1.165, 1.54) is 0 Å². The van der Waals surface area contributed by atoms with Crippen LogP contribution in [0.2, 0.25) is 0 Å². The highest BCUT2D eigenvalue weighted by Crippen LogP contribution is 2.26. The number of rotatable bonds is 5. The summed E-state index contributed by atoms with van der Waals surface area (Å²) in [7, 11) is 0. The fraction of sp³-hybridized carbons (Fsp3) is 0.316. The molecule has 1 aliphatic rings. The third kappa shape index (κ3) is 4.56. The molecule has 0 aliphatic carbocycles. The lowest BCUT2D eigenvalue weighted by Gasteiger charge is -2.20. The SMILES string of the molecule is CC(NC(=O)NCCc1cccnc1)c1ccc2c(c1)CCC(=O)N2. The summed E-state index contributed by atoms with van der Waals surface area (Å²) >= 11 is 0. The first kappa shape index (κ1) is 17.0. The average molecular weight is 338 g/mol. The van der Waals surface area contributed by atoms with E-state index < -0.39 is 0 Å². The molecule has 1 aliphatic heterocycles. The van der Waals surface area contributed by atoms with Crippen LogP contribution in [0.4, 0.5) is 10.5 Å². The Morgan fingerprint density at radius 2 is 2.20 bits per heavy atom. The van der Waals surface area contributed by atoms with E-state index >= 15 is 0 Å². The van der Waals surface area contributed by atoms with Gasteiger partial charge in [-0.15, -0.1) is 0 Å². The maximum atomic E-state index is 12.1. The van der Waals surface area contributed by atoms with Gasteiger partial charge >= 0.3 is 6.03 Å². The van der Waals surface area contributed by atoms with Gasteiger partial charge in [-0.3, -0.25) is 9.78 Å². The summed E-state index contributed by atoms with van der Waals surface area (Å²) in [6, 6.07) is 9.46. The maximum Gasteiger partial charge on any atom is 0.315 e. The highest BCUT2D eigenvalue weighted by Gasteiger charge is 2.17. The molecule has 2 aromatic rings. The fourth-order valence-corrected chi connectivity index (χ4v) is 2.87. The minimum Gasteiger partial charge on any atom is -0.338 e. The summed E-state index contributed by atoms with van der Waals surface area (Å²) in [6.45, 7) is 2.50. The summed E-state index contributed by atoms with van der Waals surface area (Å²) in [6.07, 6.45) is 5.52. The van der Waals surface area contributed by atoms with Gasteiger partial charge in [0.25, 0.3) is 0 Å². The number of anilines is 1. The molecule has 0 fully saturated rings. The summed E-state index contributed by atoms with van der Waals surface area (Å²) in [4.78, 5) is 27.5. The van der Waals surface area contributed by atoms with Gasteiger partial charge in [0.15, 0.2) is 0 Å². The maximum absolute atomic E-state index is 12.1. The number of aryl methyl sites for hydroxylation is 1. The van der Waals surface area contributed by atoms with Gasteiger partial charge in [-0.25, -0.2) is 4.79 Å². The van der Waals surface area contributed by atoms with Crippen molar-refractivity contribution in [2.24, 2.45) is 0 Å². The Bertz CT molecular complexity index is 761. The molecule has 3 rings (SSSR count). The number of hydrogen-bond acceptors (Lipinski definition) is 3. The Morgan fingerprint density at radius 1 is 1.32 bits per heavy atom. The van der Waals surface area contributed by atoms with Gasteiger partial charge in [0.05, 0.1) is 6.04 Å². The Kier molecular flexibility index (Phi) is 5.28. The number of nitrogens with one attached hydrogen (secondary N) is 3. The molecule has 2 heterocycles. The van der Waals surface area contributed by atoms with Crippen molar-refractivity contribution in [3.8, 4) is 0 Å². The van der Waals surface area contributed by atoms with Crippen LogP contribution in [0.15, 0.2) is 42.7 Å². The third-order valence-corrected chi connectivity index (χ3v) is 4.29. The molecule has 0 saturated carbocycles. The minimum atomic E-state index is -0.192. The number of pyridine rings is 1. The van der Waals surface area contributed by atoms with E-state index in [4.69, 9.17) is 0 Å². The molecule has 25 heavy (non-hydrogen) atoms. The Labute approximate surface area is 147 Å². The van der Waals surface area contributed by atoms with Crippen LogP contribution < -0.4 is 16.0 Å². The van der Waals surface area contributed by atoms with Crippen molar-refractivity contribution >= 4 is 17.6 Å². The molecular weight excluding hydrogens is 316 g/mol. The van der Waals surface area contributed by atoms with Crippen molar-refractivity contribution < 1.29 is 9.59 Å². The highest BCUT2D eigenvalue weighted by molar-refractivity contribution is 5.93. The van der Waals surface area contributed by atoms with Gasteiger partial charge in [-0.05, 0) is 48.6 Å². The largest absolute Gasteiger partial charge is 0.338 e. The first-order chi connectivity index (χ1) is 12.1. The van der Waals surface area contributed by atoms with Gasteiger partial charge in [-0.2, -0.15) is 0 Å². The Morgan fingerprint density at radius 3 is 3.00 bits per heavy atom. The Hall–Kier alpha value is -2.89. The van der Waals surface area contributed by atoms with E-state index in [1.807, 2.05) is 31.2 Å². The van der Waals surface area contributed by atoms with Crippen molar-refractivity contribution in [2.75, 3.05) is 11.9 Å². The zero-order valence-electron chi connectivity index (χ0n) is 14.2. The first-order valence-corrected chi connectivity index (χ1v) is 8.48. The number of aromatic nitrogens is 1. The number of nitrogens with zero attached hydrogens (tertiary/aromatic N) is 1. The summed E-state index contributed by atoms with van der Waals surface area (Å²) < 4.78 is 0. The number of carbonyl (C=O) groups is 2. The van der Waals surface area contributed by atoms with E-state index in [9.17, 15) is 9.59 Å². The zero-order valence-corrected chi connectivity index (χ0v) is 14.2. The fourth-order valence-electron chi connectivity index (χ4n) is 2.87. The van der Waals surface area contributed by atoms with Crippen molar-refractivity contribution in [3.05, 3.63) is 59.4 Å². The average Bonchev–Trinajstić information content (AvgIpc) is 2.62. The van der Waals surface area contributed by atoms with E-state index in [-0.39, 0.29) is 18.0 Å². The number of urea groups is 1. The van der Waals surface area contributed by atoms with Crippen LogP contribution in [-0.2, 0) is 17.6 Å². The molecule has 0 saturated heterocycles. The molecule has 0 radical (unpaired) electrons. The van der Waals surface area contributed by atoms with Crippen LogP contribution in [0.1, 0.15) is 36.1 Å². The van der Waals surface area contributed by atoms with Crippen LogP contribution in [0.5, 0.6) is 0 Å². The lowest BCUT2D eigenvalue weighted by molar-refractivity contribution is -0.116. The molecule has 6 nitrogen and oxygen atoms in total. The molecule has 3 N–H and O–H groups in total. The number of amides is 3. The van der Waals surface area contributed by atoms with Crippen LogP contribution in [-0.4, -0.2) is 23.5 Å². The van der Waals surface area contributed by atoms with Crippen LogP contribution >= 0.6 is 0 Å². The molecule has 1 unspecified atom stereocenters. The second kappa shape index (κ2) is 7.79. The van der Waals surface area contributed by atoms with Crippen LogP contribution in [0.25, 0.3) is 0 Å². The molecule has 0 bridgehead atoms. The normalized spacial score (nSPS) is 14.2. The smallest absolute Gasteiger partial charge is 0.315 e.